The predicted octanol–water partition coefficient (Wildman–Crippen LogP) is 5.97. The Morgan fingerprint density at radius 3 is 2.61 bits per heavy atom. The number of halogens is 1. The van der Waals surface area contributed by atoms with Crippen molar-refractivity contribution in [2.45, 2.75) is 0 Å². The Kier molecular flexibility index (Phi) is 5.90. The molecule has 0 bridgehead atoms. The van der Waals surface area contributed by atoms with Gasteiger partial charge < -0.3 is 15.5 Å². The summed E-state index contributed by atoms with van der Waals surface area (Å²) < 4.78 is 14.4. The quantitative estimate of drug-likeness (QED) is 0.301. The van der Waals surface area contributed by atoms with Gasteiger partial charge in [-0.3, -0.25) is 0 Å². The van der Waals surface area contributed by atoms with E-state index in [-0.39, 0.29) is 0 Å². The minimum absolute atomic E-state index is 0.386. The van der Waals surface area contributed by atoms with Gasteiger partial charge in [-0.05, 0) is 47.3 Å². The first-order valence-electron chi connectivity index (χ1n) is 9.50. The highest BCUT2D eigenvalue weighted by molar-refractivity contribution is 7.17. The van der Waals surface area contributed by atoms with Crippen LogP contribution < -0.4 is 10.6 Å². The van der Waals surface area contributed by atoms with Crippen LogP contribution in [-0.2, 0) is 0 Å². The van der Waals surface area contributed by atoms with Crippen LogP contribution >= 0.6 is 11.3 Å². The van der Waals surface area contributed by atoms with E-state index in [1.807, 2.05) is 49.3 Å². The number of anilines is 2. The number of amides is 2. The molecule has 2 amide bonds. The van der Waals surface area contributed by atoms with Crippen LogP contribution in [0, 0.1) is 5.82 Å². The monoisotopic (exact) mass is 433 g/mol. The van der Waals surface area contributed by atoms with Gasteiger partial charge in [0.15, 0.2) is 5.82 Å². The minimum Gasteiger partial charge on any atom is -0.369 e. The van der Waals surface area contributed by atoms with Crippen molar-refractivity contribution >= 4 is 51.0 Å². The first-order valence-corrected chi connectivity index (χ1v) is 10.4. The number of aromatic nitrogens is 1. The fourth-order valence-electron chi connectivity index (χ4n) is 3.04. The highest BCUT2D eigenvalue weighted by Crippen LogP contribution is 2.38. The van der Waals surface area contributed by atoms with Gasteiger partial charge in [-0.2, -0.15) is 0 Å². The summed E-state index contributed by atoms with van der Waals surface area (Å²) in [7, 11) is 3.82. The molecule has 0 atom stereocenters. The van der Waals surface area contributed by atoms with Crippen LogP contribution in [0.1, 0.15) is 0 Å². The van der Waals surface area contributed by atoms with E-state index in [1.54, 1.807) is 29.9 Å². The molecule has 0 unspecified atom stereocenters. The van der Waals surface area contributed by atoms with Gasteiger partial charge in [0.05, 0.1) is 6.34 Å². The molecule has 0 aliphatic carbocycles. The highest BCUT2D eigenvalue weighted by Gasteiger charge is 2.12. The van der Waals surface area contributed by atoms with Crippen molar-refractivity contribution in [3.05, 3.63) is 72.0 Å². The molecular weight excluding hydrogens is 413 g/mol. The molecule has 0 aliphatic heterocycles. The molecule has 2 heterocycles. The van der Waals surface area contributed by atoms with E-state index in [9.17, 15) is 9.18 Å². The molecular formula is C23H20FN5OS. The van der Waals surface area contributed by atoms with Crippen LogP contribution in [0.3, 0.4) is 0 Å². The first kappa shape index (κ1) is 20.5. The lowest BCUT2D eigenvalue weighted by molar-refractivity contribution is 0.262. The SMILES string of the molecule is CN(C)/C=N/c1nccc2scc(-c3ccc(NC(=O)Nc4cccc(F)c4)cc3)c12. The molecule has 156 valence electrons. The van der Waals surface area contributed by atoms with Gasteiger partial charge >= 0.3 is 6.03 Å². The number of nitrogens with zero attached hydrogens (tertiary/aromatic N) is 3. The molecule has 6 nitrogen and oxygen atoms in total. The van der Waals surface area contributed by atoms with Crippen LogP contribution in [0.15, 0.2) is 71.2 Å². The van der Waals surface area contributed by atoms with E-state index in [1.165, 1.54) is 18.2 Å². The van der Waals surface area contributed by atoms with Crippen LogP contribution in [0.5, 0.6) is 0 Å². The van der Waals surface area contributed by atoms with Crippen molar-refractivity contribution in [1.29, 1.82) is 0 Å². The molecule has 8 heteroatoms. The highest BCUT2D eigenvalue weighted by atomic mass is 32.1. The maximum absolute atomic E-state index is 13.3. The normalized spacial score (nSPS) is 11.1. The third-order valence-electron chi connectivity index (χ3n) is 4.41. The molecule has 0 saturated carbocycles. The van der Waals surface area contributed by atoms with Gasteiger partial charge in [0.2, 0.25) is 0 Å². The van der Waals surface area contributed by atoms with Gasteiger partial charge in [0.1, 0.15) is 5.82 Å². The van der Waals surface area contributed by atoms with E-state index in [0.29, 0.717) is 17.2 Å². The second-order valence-corrected chi connectivity index (χ2v) is 7.94. The topological polar surface area (TPSA) is 69.6 Å². The molecule has 2 aromatic heterocycles. The summed E-state index contributed by atoms with van der Waals surface area (Å²) >= 11 is 1.64. The Bertz CT molecular complexity index is 1250. The van der Waals surface area contributed by atoms with E-state index in [2.05, 4.69) is 26.0 Å². The van der Waals surface area contributed by atoms with Crippen LogP contribution in [0.4, 0.5) is 26.4 Å². The maximum Gasteiger partial charge on any atom is 0.323 e. The molecule has 0 aliphatic rings. The lowest BCUT2D eigenvalue weighted by atomic mass is 10.0. The molecule has 0 spiro atoms. The van der Waals surface area contributed by atoms with Crippen molar-refractivity contribution in [3.63, 3.8) is 0 Å². The van der Waals surface area contributed by atoms with E-state index >= 15 is 0 Å². The predicted molar refractivity (Wildman–Crippen MR) is 126 cm³/mol. The van der Waals surface area contributed by atoms with Gasteiger partial charge in [-0.15, -0.1) is 11.3 Å². The molecule has 31 heavy (non-hydrogen) atoms. The number of hydrogen-bond acceptors (Lipinski definition) is 4. The Balaban J connectivity index is 1.54. The summed E-state index contributed by atoms with van der Waals surface area (Å²) in [5, 5.41) is 8.44. The Morgan fingerprint density at radius 2 is 1.87 bits per heavy atom. The van der Waals surface area contributed by atoms with Crippen LogP contribution in [-0.4, -0.2) is 36.3 Å². The molecule has 0 radical (unpaired) electrons. The molecule has 4 rings (SSSR count). The number of nitrogens with one attached hydrogen (secondary N) is 2. The number of urea groups is 1. The lowest BCUT2D eigenvalue weighted by Crippen LogP contribution is -2.19. The molecule has 2 N–H and O–H groups in total. The van der Waals surface area contributed by atoms with Gasteiger partial charge in [0.25, 0.3) is 0 Å². The van der Waals surface area contributed by atoms with Crippen molar-refractivity contribution in [2.24, 2.45) is 4.99 Å². The summed E-state index contributed by atoms with van der Waals surface area (Å²) in [6, 6.07) is 14.8. The van der Waals surface area contributed by atoms with Crippen LogP contribution in [0.25, 0.3) is 21.2 Å². The number of fused-ring (bicyclic) bond motifs is 1. The zero-order valence-electron chi connectivity index (χ0n) is 17.0. The smallest absolute Gasteiger partial charge is 0.323 e. The van der Waals surface area contributed by atoms with Crippen molar-refractivity contribution < 1.29 is 9.18 Å². The van der Waals surface area contributed by atoms with E-state index < -0.39 is 11.8 Å². The van der Waals surface area contributed by atoms with Gasteiger partial charge in [-0.25, -0.2) is 19.2 Å². The summed E-state index contributed by atoms with van der Waals surface area (Å²) in [5.41, 5.74) is 3.05. The lowest BCUT2D eigenvalue weighted by Gasteiger charge is -2.09. The third-order valence-corrected chi connectivity index (χ3v) is 5.36. The third kappa shape index (κ3) is 4.87. The zero-order chi connectivity index (χ0) is 21.8. The number of aliphatic imine (C=N–C) groups is 1. The van der Waals surface area contributed by atoms with Gasteiger partial charge in [-0.1, -0.05) is 18.2 Å². The second-order valence-electron chi connectivity index (χ2n) is 7.03. The Hall–Kier alpha value is -3.78. The molecule has 0 fully saturated rings. The van der Waals surface area contributed by atoms with Crippen molar-refractivity contribution in [3.8, 4) is 11.1 Å². The number of thiophene rings is 1. The first-order chi connectivity index (χ1) is 15.0. The summed E-state index contributed by atoms with van der Waals surface area (Å²) in [6.07, 6.45) is 3.49. The van der Waals surface area contributed by atoms with E-state index in [4.69, 9.17) is 0 Å². The molecule has 4 aromatic rings. The number of rotatable bonds is 5. The minimum atomic E-state index is -0.441. The standard InChI is InChI=1S/C23H20FN5OS/c1-29(2)14-26-22-21-19(13-31-20(21)10-11-25-22)15-6-8-17(9-7-15)27-23(30)28-18-5-3-4-16(24)12-18/h3-14H,1-2H3,(H2,27,28,30)/b26-14+. The maximum atomic E-state index is 13.3. The molecule has 0 saturated heterocycles. The Labute approximate surface area is 183 Å². The van der Waals surface area contributed by atoms with Crippen LogP contribution in [0.2, 0.25) is 0 Å². The summed E-state index contributed by atoms with van der Waals surface area (Å²) in [6.45, 7) is 0. The Morgan fingerprint density at radius 1 is 1.10 bits per heavy atom. The van der Waals surface area contributed by atoms with Gasteiger partial charge in [0, 0.05) is 47.3 Å². The average molecular weight is 434 g/mol. The summed E-state index contributed by atoms with van der Waals surface area (Å²) in [5.74, 6) is 0.257. The number of benzene rings is 2. The summed E-state index contributed by atoms with van der Waals surface area (Å²) in [4.78, 5) is 23.0. The fraction of sp³-hybridized carbons (Fsp3) is 0.0870. The van der Waals surface area contributed by atoms with E-state index in [0.717, 1.165) is 21.2 Å². The van der Waals surface area contributed by atoms with Crippen molar-refractivity contribution in [2.75, 3.05) is 24.7 Å². The number of carbonyl (C=O) groups excluding carboxylic acids is 1. The number of carbonyl (C=O) groups is 1. The fourth-order valence-corrected chi connectivity index (χ4v) is 4.00. The van der Waals surface area contributed by atoms with Crippen molar-refractivity contribution in [1.82, 2.24) is 9.88 Å². The molecule has 2 aromatic carbocycles. The number of pyridine rings is 1. The largest absolute Gasteiger partial charge is 0.369 e. The number of hydrogen-bond donors (Lipinski definition) is 2. The zero-order valence-corrected chi connectivity index (χ0v) is 17.8. The average Bonchev–Trinajstić information content (AvgIpc) is 3.17. The second kappa shape index (κ2) is 8.93.